The Morgan fingerprint density at radius 3 is 2.74 bits per heavy atom. The number of amides is 2. The van der Waals surface area contributed by atoms with E-state index in [1.807, 2.05) is 0 Å². The standard InChI is InChI=1S/C22H27F2N3O6S/c1-32-16-3-2-4-17(12-16)34(30,31)27-19-8-6-15(33-21(19)13-28)9-10-25-22(29)26-20-11-14(23)5-7-18(20)24/h2-5,7,11-12,15,19,21,27-28H,6,8-10,13H2,1H3,(H2,25,26,29)/t15-,19+,21+/m1/s1. The Kier molecular flexibility index (Phi) is 8.78. The van der Waals surface area contributed by atoms with Crippen LogP contribution in [0.3, 0.4) is 0 Å². The van der Waals surface area contributed by atoms with E-state index in [0.29, 0.717) is 25.0 Å². The molecule has 2 aromatic rings. The Bertz CT molecular complexity index is 1100. The molecule has 3 atom stereocenters. The average Bonchev–Trinajstić information content (AvgIpc) is 2.82. The summed E-state index contributed by atoms with van der Waals surface area (Å²) in [4.78, 5) is 12.0. The molecule has 2 amide bonds. The van der Waals surface area contributed by atoms with Gasteiger partial charge in [-0.1, -0.05) is 6.07 Å². The maximum absolute atomic E-state index is 13.6. The molecule has 0 bridgehead atoms. The van der Waals surface area contributed by atoms with Crippen molar-refractivity contribution in [3.05, 3.63) is 54.1 Å². The fourth-order valence-electron chi connectivity index (χ4n) is 3.62. The summed E-state index contributed by atoms with van der Waals surface area (Å²) >= 11 is 0. The van der Waals surface area contributed by atoms with Gasteiger partial charge in [-0.2, -0.15) is 0 Å². The number of carbonyl (C=O) groups is 1. The number of hydrogen-bond donors (Lipinski definition) is 4. The number of hydrogen-bond acceptors (Lipinski definition) is 6. The molecule has 1 fully saturated rings. The Morgan fingerprint density at radius 1 is 1.21 bits per heavy atom. The van der Waals surface area contributed by atoms with E-state index in [1.165, 1.54) is 19.2 Å². The number of carbonyl (C=O) groups excluding carboxylic acids is 1. The molecule has 9 nitrogen and oxygen atoms in total. The number of aliphatic hydroxyl groups excluding tert-OH is 1. The number of benzene rings is 2. The molecule has 4 N–H and O–H groups in total. The summed E-state index contributed by atoms with van der Waals surface area (Å²) in [5.74, 6) is -1.04. The van der Waals surface area contributed by atoms with Crippen molar-refractivity contribution < 1.29 is 36.6 Å². The molecule has 0 aromatic heterocycles. The molecular weight excluding hydrogens is 472 g/mol. The van der Waals surface area contributed by atoms with Gasteiger partial charge in [-0.3, -0.25) is 0 Å². The van der Waals surface area contributed by atoms with Crippen molar-refractivity contribution in [3.63, 3.8) is 0 Å². The summed E-state index contributed by atoms with van der Waals surface area (Å²) in [6.45, 7) is -0.222. The lowest BCUT2D eigenvalue weighted by atomic mass is 9.98. The zero-order chi connectivity index (χ0) is 24.7. The van der Waals surface area contributed by atoms with Gasteiger partial charge in [0.1, 0.15) is 17.4 Å². The Morgan fingerprint density at radius 2 is 2.00 bits per heavy atom. The highest BCUT2D eigenvalue weighted by Gasteiger charge is 2.34. The molecule has 0 radical (unpaired) electrons. The lowest BCUT2D eigenvalue weighted by Gasteiger charge is -2.36. The van der Waals surface area contributed by atoms with Crippen LogP contribution in [0, 0.1) is 11.6 Å². The largest absolute Gasteiger partial charge is 0.497 e. The van der Waals surface area contributed by atoms with Crippen LogP contribution in [-0.2, 0) is 14.8 Å². The van der Waals surface area contributed by atoms with Gasteiger partial charge in [-0.25, -0.2) is 26.7 Å². The van der Waals surface area contributed by atoms with Crippen LogP contribution in [0.25, 0.3) is 0 Å². The van der Waals surface area contributed by atoms with Crippen molar-refractivity contribution in [2.45, 2.75) is 42.4 Å². The van der Waals surface area contributed by atoms with Gasteiger partial charge in [0.05, 0.1) is 42.5 Å². The zero-order valence-electron chi connectivity index (χ0n) is 18.5. The summed E-state index contributed by atoms with van der Waals surface area (Å²) in [6.07, 6.45) is 0.184. The first-order chi connectivity index (χ1) is 16.2. The van der Waals surface area contributed by atoms with Gasteiger partial charge < -0.3 is 25.2 Å². The van der Waals surface area contributed by atoms with E-state index in [2.05, 4.69) is 15.4 Å². The topological polar surface area (TPSA) is 126 Å². The van der Waals surface area contributed by atoms with Crippen LogP contribution < -0.4 is 20.1 Å². The molecule has 0 saturated carbocycles. The molecule has 186 valence electrons. The predicted molar refractivity (Wildman–Crippen MR) is 120 cm³/mol. The fourth-order valence-corrected chi connectivity index (χ4v) is 4.95. The molecular formula is C22H27F2N3O6S. The quantitative estimate of drug-likeness (QED) is 0.420. The lowest BCUT2D eigenvalue weighted by molar-refractivity contribution is -0.0871. The number of rotatable bonds is 9. The zero-order valence-corrected chi connectivity index (χ0v) is 19.3. The van der Waals surface area contributed by atoms with Gasteiger partial charge in [-0.05, 0) is 43.5 Å². The molecule has 2 aromatic carbocycles. The average molecular weight is 500 g/mol. The number of aliphatic hydroxyl groups is 1. The maximum atomic E-state index is 13.6. The van der Waals surface area contributed by atoms with E-state index in [-0.39, 0.29) is 23.2 Å². The second kappa shape index (κ2) is 11.6. The second-order valence-corrected chi connectivity index (χ2v) is 9.47. The summed E-state index contributed by atoms with van der Waals surface area (Å²) in [5, 5.41) is 14.5. The Balaban J connectivity index is 1.49. The van der Waals surface area contributed by atoms with E-state index < -0.39 is 46.4 Å². The number of methoxy groups -OCH3 is 1. The molecule has 34 heavy (non-hydrogen) atoms. The highest BCUT2D eigenvalue weighted by atomic mass is 32.2. The minimum Gasteiger partial charge on any atom is -0.497 e. The number of halogens is 2. The van der Waals surface area contributed by atoms with E-state index in [0.717, 1.165) is 18.2 Å². The van der Waals surface area contributed by atoms with E-state index in [1.54, 1.807) is 12.1 Å². The highest BCUT2D eigenvalue weighted by molar-refractivity contribution is 7.89. The van der Waals surface area contributed by atoms with Gasteiger partial charge in [0.2, 0.25) is 10.0 Å². The number of ether oxygens (including phenoxy) is 2. The second-order valence-electron chi connectivity index (χ2n) is 7.76. The molecule has 12 heteroatoms. The van der Waals surface area contributed by atoms with Crippen molar-refractivity contribution in [2.24, 2.45) is 0 Å². The minimum absolute atomic E-state index is 0.0376. The van der Waals surface area contributed by atoms with Crippen molar-refractivity contribution in [1.29, 1.82) is 0 Å². The Hall–Kier alpha value is -2.80. The maximum Gasteiger partial charge on any atom is 0.319 e. The first kappa shape index (κ1) is 25.8. The number of anilines is 1. The predicted octanol–water partition coefficient (Wildman–Crippen LogP) is 2.37. The number of sulfonamides is 1. The van der Waals surface area contributed by atoms with Crippen LogP contribution in [0.4, 0.5) is 19.3 Å². The van der Waals surface area contributed by atoms with E-state index in [4.69, 9.17) is 9.47 Å². The molecule has 1 aliphatic rings. The van der Waals surface area contributed by atoms with Crippen molar-refractivity contribution >= 4 is 21.7 Å². The summed E-state index contributed by atoms with van der Waals surface area (Å²) in [7, 11) is -2.42. The normalized spacial score (nSPS) is 20.5. The number of nitrogens with one attached hydrogen (secondary N) is 3. The smallest absolute Gasteiger partial charge is 0.319 e. The van der Waals surface area contributed by atoms with Crippen LogP contribution in [0.5, 0.6) is 5.75 Å². The van der Waals surface area contributed by atoms with E-state index >= 15 is 0 Å². The third-order valence-corrected chi connectivity index (χ3v) is 6.87. The van der Waals surface area contributed by atoms with Gasteiger partial charge in [0.15, 0.2) is 0 Å². The first-order valence-electron chi connectivity index (χ1n) is 10.6. The van der Waals surface area contributed by atoms with Crippen molar-refractivity contribution in [1.82, 2.24) is 10.0 Å². The van der Waals surface area contributed by atoms with Crippen LogP contribution >= 0.6 is 0 Å². The van der Waals surface area contributed by atoms with Gasteiger partial charge >= 0.3 is 6.03 Å². The lowest BCUT2D eigenvalue weighted by Crippen LogP contribution is -2.51. The van der Waals surface area contributed by atoms with E-state index in [9.17, 15) is 27.1 Å². The van der Waals surface area contributed by atoms with Crippen LogP contribution in [0.1, 0.15) is 19.3 Å². The molecule has 0 spiro atoms. The summed E-state index contributed by atoms with van der Waals surface area (Å²) in [6, 6.07) is 7.43. The molecule has 0 unspecified atom stereocenters. The fraction of sp³-hybridized carbons (Fsp3) is 0.409. The SMILES string of the molecule is COc1cccc(S(=O)(=O)N[C@H]2CC[C@H](CCNC(=O)Nc3cc(F)ccc3F)O[C@H]2CO)c1. The van der Waals surface area contributed by atoms with Crippen LogP contribution in [-0.4, -0.2) is 58.1 Å². The van der Waals surface area contributed by atoms with Crippen LogP contribution in [0.15, 0.2) is 47.4 Å². The van der Waals surface area contributed by atoms with Gasteiger partial charge in [0, 0.05) is 18.7 Å². The molecule has 1 heterocycles. The van der Waals surface area contributed by atoms with Crippen molar-refractivity contribution in [3.8, 4) is 5.75 Å². The molecule has 1 aliphatic heterocycles. The molecule has 3 rings (SSSR count). The Labute approximate surface area is 196 Å². The van der Waals surface area contributed by atoms with Gasteiger partial charge in [0.25, 0.3) is 0 Å². The van der Waals surface area contributed by atoms with Crippen LogP contribution in [0.2, 0.25) is 0 Å². The van der Waals surface area contributed by atoms with Gasteiger partial charge in [-0.15, -0.1) is 0 Å². The minimum atomic E-state index is -3.86. The molecule has 0 aliphatic carbocycles. The summed E-state index contributed by atoms with van der Waals surface area (Å²) in [5.41, 5.74) is -0.280. The van der Waals surface area contributed by atoms with Crippen molar-refractivity contribution in [2.75, 3.05) is 25.6 Å². The highest BCUT2D eigenvalue weighted by Crippen LogP contribution is 2.24. The monoisotopic (exact) mass is 499 g/mol. The third kappa shape index (κ3) is 6.86. The third-order valence-electron chi connectivity index (χ3n) is 5.38. The first-order valence-corrected chi connectivity index (χ1v) is 12.1. The summed E-state index contributed by atoms with van der Waals surface area (Å²) < 4.78 is 65.8. The number of urea groups is 1. The molecule has 1 saturated heterocycles.